The van der Waals surface area contributed by atoms with E-state index >= 15 is 0 Å². The van der Waals surface area contributed by atoms with Crippen LogP contribution < -0.4 is 0 Å². The van der Waals surface area contributed by atoms with Crippen LogP contribution in [0.5, 0.6) is 0 Å². The Morgan fingerprint density at radius 3 is 1.75 bits per heavy atom. The van der Waals surface area contributed by atoms with Crippen LogP contribution in [0.2, 0.25) is 0 Å². The second-order valence-electron chi connectivity index (χ2n) is 11.9. The standard InChI is InChI=1S/C39H38N6.4ClH.2Fe/c1-24-13-9-14-25(2)38(24)40-28(5)30-19-11-21-34(42-30)36-23-37(45-33-18-8-7-17-32(33)44-36)35-22-12-20-31(43-35)29(6)41-39-26(3)15-10-16-27(39)4;;;;;;/h7-19,21-22,31H,20,23H2,1-6H3;4*1H;;/q;;;;;2*+2/p-4. The Morgan fingerprint density at radius 2 is 1.18 bits per heavy atom. The van der Waals surface area contributed by atoms with Gasteiger partial charge in [-0.1, -0.05) is 60.7 Å². The van der Waals surface area contributed by atoms with Gasteiger partial charge in [-0.15, -0.1) is 0 Å². The third-order valence-electron chi connectivity index (χ3n) is 8.30. The van der Waals surface area contributed by atoms with E-state index in [-0.39, 0.29) is 32.3 Å². The number of aromatic nitrogens is 1. The number of hydrogen-bond donors (Lipinski definition) is 0. The molecule has 0 spiro atoms. The van der Waals surface area contributed by atoms with Crippen LogP contribution in [0, 0.1) is 27.7 Å². The maximum atomic E-state index is 5.19. The molecule has 3 aromatic carbocycles. The summed E-state index contributed by atoms with van der Waals surface area (Å²) >= 11 is 0.389. The maximum absolute atomic E-state index is 5.19. The summed E-state index contributed by atoms with van der Waals surface area (Å²) in [5, 5.41) is 0. The predicted octanol–water partition coefficient (Wildman–Crippen LogP) is 12.4. The third-order valence-corrected chi connectivity index (χ3v) is 8.30. The number of fused-ring (bicyclic) bond motifs is 1. The van der Waals surface area contributed by atoms with Crippen LogP contribution >= 0.6 is 40.4 Å². The molecule has 3 heterocycles. The Hall–Kier alpha value is -2.90. The van der Waals surface area contributed by atoms with Crippen LogP contribution in [0.4, 0.5) is 22.7 Å². The minimum absolute atomic E-state index is 0.0594. The summed E-state index contributed by atoms with van der Waals surface area (Å²) in [4.78, 5) is 30.5. The van der Waals surface area contributed by atoms with Crippen LogP contribution in [-0.2, 0) is 26.3 Å². The van der Waals surface area contributed by atoms with Gasteiger partial charge >= 0.3 is 66.7 Å². The molecule has 12 heteroatoms. The fourth-order valence-electron chi connectivity index (χ4n) is 5.72. The van der Waals surface area contributed by atoms with Crippen molar-refractivity contribution in [2.24, 2.45) is 25.0 Å². The third kappa shape index (κ3) is 11.3. The second-order valence-corrected chi connectivity index (χ2v) is 15.5. The van der Waals surface area contributed by atoms with Gasteiger partial charge in [0.2, 0.25) is 0 Å². The van der Waals surface area contributed by atoms with Crippen LogP contribution in [0.25, 0.3) is 0 Å². The molecule has 0 saturated carbocycles. The van der Waals surface area contributed by atoms with E-state index in [2.05, 4.69) is 83.2 Å². The summed E-state index contributed by atoms with van der Waals surface area (Å²) in [6, 6.07) is 26.5. The molecule has 2 aliphatic rings. The molecule has 0 aliphatic carbocycles. The van der Waals surface area contributed by atoms with Crippen molar-refractivity contribution in [3.05, 3.63) is 125 Å². The summed E-state index contributed by atoms with van der Waals surface area (Å²) in [7, 11) is 19.1. The van der Waals surface area contributed by atoms with Crippen molar-refractivity contribution in [3.63, 3.8) is 0 Å². The van der Waals surface area contributed by atoms with Crippen molar-refractivity contribution >= 4 is 91.7 Å². The molecule has 0 amide bonds. The van der Waals surface area contributed by atoms with Crippen LogP contribution in [-0.4, -0.2) is 39.6 Å². The number of rotatable bonds is 6. The molecular formula is C39H38Cl4Fe2N6. The molecule has 6 nitrogen and oxygen atoms in total. The molecule has 4 aromatic rings. The SMILES string of the molecule is CC(=Nc1c(C)cccc1C)c1cccc(C2=Nc3ccccc3N=C(C3=NC(C(C)=Nc4c(C)cccc4C)CC=C3)C2)n1.[Cl][Fe][Cl].[Cl][Fe][Cl]. The molecule has 1 atom stereocenters. The zero-order chi connectivity index (χ0) is 36.9. The van der Waals surface area contributed by atoms with Gasteiger partial charge in [0.25, 0.3) is 0 Å². The van der Waals surface area contributed by atoms with Gasteiger partial charge in [-0.3, -0.25) is 15.0 Å². The molecule has 0 radical (unpaired) electrons. The van der Waals surface area contributed by atoms with Gasteiger partial charge in [0.15, 0.2) is 0 Å². The number of hydrogen-bond acceptors (Lipinski definition) is 6. The zero-order valence-corrected chi connectivity index (χ0v) is 34.3. The van der Waals surface area contributed by atoms with E-state index < -0.39 is 0 Å². The molecule has 0 bridgehead atoms. The van der Waals surface area contributed by atoms with E-state index in [1.54, 1.807) is 0 Å². The summed E-state index contributed by atoms with van der Waals surface area (Å²) in [5.41, 5.74) is 14.3. The van der Waals surface area contributed by atoms with Gasteiger partial charge in [-0.05, 0) is 101 Å². The van der Waals surface area contributed by atoms with Gasteiger partial charge in [-0.25, -0.2) is 15.0 Å². The van der Waals surface area contributed by atoms with Crippen LogP contribution in [0.1, 0.15) is 60.3 Å². The number of aliphatic imine (C=N–C) groups is 5. The normalized spacial score (nSPS) is 15.7. The molecule has 0 N–H and O–H groups in total. The number of benzene rings is 3. The van der Waals surface area contributed by atoms with E-state index in [9.17, 15) is 0 Å². The number of para-hydroxylation sites is 4. The number of halogens is 4. The minimum atomic E-state index is -0.0594. The van der Waals surface area contributed by atoms with Crippen molar-refractivity contribution in [1.29, 1.82) is 0 Å². The summed E-state index contributed by atoms with van der Waals surface area (Å²) in [6.07, 6.45) is 5.57. The van der Waals surface area contributed by atoms with E-state index in [0.29, 0.717) is 6.42 Å². The fourth-order valence-corrected chi connectivity index (χ4v) is 5.72. The van der Waals surface area contributed by atoms with Crippen molar-refractivity contribution in [2.75, 3.05) is 0 Å². The molecular weight excluding hydrogens is 806 g/mol. The topological polar surface area (TPSA) is 74.7 Å². The van der Waals surface area contributed by atoms with Crippen molar-refractivity contribution < 1.29 is 26.3 Å². The van der Waals surface area contributed by atoms with E-state index in [1.807, 2.05) is 49.4 Å². The van der Waals surface area contributed by atoms with E-state index in [4.69, 9.17) is 70.3 Å². The Balaban J connectivity index is 0.000000909. The summed E-state index contributed by atoms with van der Waals surface area (Å²) < 4.78 is 0. The number of aryl methyl sites for hydroxylation is 4. The van der Waals surface area contributed by atoms with E-state index in [0.717, 1.165) is 80.2 Å². The Kier molecular flexibility index (Phi) is 16.3. The zero-order valence-electron chi connectivity index (χ0n) is 29.1. The van der Waals surface area contributed by atoms with E-state index in [1.165, 1.54) is 11.1 Å². The second kappa shape index (κ2) is 20.4. The number of pyridine rings is 1. The quantitative estimate of drug-likeness (QED) is 0.141. The van der Waals surface area contributed by atoms with Crippen LogP contribution in [0.3, 0.4) is 0 Å². The molecule has 1 aromatic heterocycles. The monoisotopic (exact) mass is 842 g/mol. The van der Waals surface area contributed by atoms with Crippen LogP contribution in [0.15, 0.2) is 116 Å². The summed E-state index contributed by atoms with van der Waals surface area (Å²) in [5.74, 6) is 0. The van der Waals surface area contributed by atoms with Gasteiger partial charge in [-0.2, -0.15) is 0 Å². The molecule has 51 heavy (non-hydrogen) atoms. The molecule has 6 rings (SSSR count). The first-order chi connectivity index (χ1) is 24.6. The fraction of sp³-hybridized carbons (Fsp3) is 0.231. The Labute approximate surface area is 330 Å². The average molecular weight is 844 g/mol. The summed E-state index contributed by atoms with van der Waals surface area (Å²) in [6.45, 7) is 12.5. The Morgan fingerprint density at radius 1 is 0.667 bits per heavy atom. The average Bonchev–Trinajstić information content (AvgIpc) is 3.32. The molecule has 1 unspecified atom stereocenters. The molecule has 0 saturated heterocycles. The predicted molar refractivity (Wildman–Crippen MR) is 213 cm³/mol. The first-order valence-electron chi connectivity index (χ1n) is 16.0. The number of dihydropyridines is 1. The first kappa shape index (κ1) is 40.9. The number of nitrogens with zero attached hydrogens (tertiary/aromatic N) is 6. The molecule has 2 aliphatic heterocycles. The van der Waals surface area contributed by atoms with Crippen molar-refractivity contribution in [3.8, 4) is 0 Å². The Bertz CT molecular complexity index is 2000. The van der Waals surface area contributed by atoms with Crippen molar-refractivity contribution in [1.82, 2.24) is 4.98 Å². The molecule has 0 fully saturated rings. The van der Waals surface area contributed by atoms with Gasteiger partial charge < -0.3 is 0 Å². The first-order valence-corrected chi connectivity index (χ1v) is 22.1. The molecule has 268 valence electrons. The van der Waals surface area contributed by atoms with Gasteiger partial charge in [0, 0.05) is 12.1 Å². The van der Waals surface area contributed by atoms with Gasteiger partial charge in [0.05, 0.1) is 63.0 Å². The van der Waals surface area contributed by atoms with Crippen molar-refractivity contribution in [2.45, 2.75) is 60.4 Å². The number of allylic oxidation sites excluding steroid dienone is 1. The van der Waals surface area contributed by atoms with Gasteiger partial charge in [0.1, 0.15) is 0 Å².